The normalized spacial score (nSPS) is 13.0. The van der Waals surface area contributed by atoms with E-state index in [9.17, 15) is 18.0 Å². The third-order valence-electron chi connectivity index (χ3n) is 4.82. The van der Waals surface area contributed by atoms with E-state index in [1.54, 1.807) is 18.2 Å². The number of carbonyl (C=O) groups excluding carboxylic acids is 1. The number of pyridine rings is 2. The van der Waals surface area contributed by atoms with Crippen molar-refractivity contribution in [2.75, 3.05) is 12.5 Å². The fourth-order valence-corrected chi connectivity index (χ4v) is 4.43. The molecule has 4 aromatic rings. The summed E-state index contributed by atoms with van der Waals surface area (Å²) in [6.07, 6.45) is -1.76. The Hall–Kier alpha value is -3.66. The lowest BCUT2D eigenvalue weighted by molar-refractivity contribution is -0.136. The van der Waals surface area contributed by atoms with Crippen LogP contribution in [0.1, 0.15) is 20.8 Å². The summed E-state index contributed by atoms with van der Waals surface area (Å²) >= 11 is 0.826. The molecule has 6 nitrogen and oxygen atoms in total. The summed E-state index contributed by atoms with van der Waals surface area (Å²) in [6.45, 7) is 0.0364. The molecule has 0 amide bonds. The maximum absolute atomic E-state index is 13.9. The first-order valence-corrected chi connectivity index (χ1v) is 9.79. The Kier molecular flexibility index (Phi) is 4.33. The molecule has 3 aromatic heterocycles. The average molecular weight is 443 g/mol. The zero-order valence-electron chi connectivity index (χ0n) is 15.6. The molecule has 0 radical (unpaired) electrons. The summed E-state index contributed by atoms with van der Waals surface area (Å²) in [5.74, 6) is 0.362. The SMILES string of the molecule is Nc1c(C(=O)c2ccc3c(c2)OCO3)sc2nc(-c3ccncc3)cc(C(F)(F)F)c12. The molecule has 0 fully saturated rings. The zero-order valence-corrected chi connectivity index (χ0v) is 16.4. The highest BCUT2D eigenvalue weighted by Crippen LogP contribution is 2.44. The molecule has 5 rings (SSSR count). The van der Waals surface area contributed by atoms with E-state index in [2.05, 4.69) is 9.97 Å². The summed E-state index contributed by atoms with van der Waals surface area (Å²) in [5, 5.41) is -0.278. The molecule has 156 valence electrons. The van der Waals surface area contributed by atoms with Gasteiger partial charge < -0.3 is 15.2 Å². The van der Waals surface area contributed by atoms with Crippen LogP contribution in [0.2, 0.25) is 0 Å². The van der Waals surface area contributed by atoms with E-state index in [0.717, 1.165) is 17.4 Å². The Labute approximate surface area is 177 Å². The van der Waals surface area contributed by atoms with Gasteiger partial charge in [0.2, 0.25) is 12.6 Å². The molecule has 0 spiro atoms. The van der Waals surface area contributed by atoms with Crippen molar-refractivity contribution in [1.82, 2.24) is 9.97 Å². The van der Waals surface area contributed by atoms with Crippen LogP contribution in [0.3, 0.4) is 0 Å². The van der Waals surface area contributed by atoms with Crippen LogP contribution in [0, 0.1) is 0 Å². The second-order valence-electron chi connectivity index (χ2n) is 6.71. The second-order valence-corrected chi connectivity index (χ2v) is 7.71. The standard InChI is InChI=1S/C21H12F3N3O3S/c22-21(23,24)12-8-13(10-3-5-26-6-4-10)27-20-16(12)17(25)19(31-20)18(28)11-1-2-14-15(7-11)30-9-29-14/h1-8H,9,25H2. The van der Waals surface area contributed by atoms with Gasteiger partial charge in [0.1, 0.15) is 9.71 Å². The molecule has 10 heteroatoms. The van der Waals surface area contributed by atoms with Gasteiger partial charge in [-0.25, -0.2) is 4.98 Å². The number of carbonyl (C=O) groups is 1. The minimum absolute atomic E-state index is 0.0151. The molecule has 0 unspecified atom stereocenters. The largest absolute Gasteiger partial charge is 0.454 e. The lowest BCUT2D eigenvalue weighted by Crippen LogP contribution is -2.08. The molecule has 2 N–H and O–H groups in total. The van der Waals surface area contributed by atoms with Gasteiger partial charge in [-0.3, -0.25) is 9.78 Å². The number of fused-ring (bicyclic) bond motifs is 2. The van der Waals surface area contributed by atoms with Crippen LogP contribution < -0.4 is 15.2 Å². The fourth-order valence-electron chi connectivity index (χ4n) is 3.35. The topological polar surface area (TPSA) is 87.3 Å². The van der Waals surface area contributed by atoms with Gasteiger partial charge in [-0.1, -0.05) is 0 Å². The molecule has 31 heavy (non-hydrogen) atoms. The summed E-state index contributed by atoms with van der Waals surface area (Å²) in [4.78, 5) is 21.3. The lowest BCUT2D eigenvalue weighted by Gasteiger charge is -2.11. The average Bonchev–Trinajstić information content (AvgIpc) is 3.36. The number of ether oxygens (including phenoxy) is 2. The van der Waals surface area contributed by atoms with Gasteiger partial charge in [0.05, 0.1) is 16.9 Å². The second kappa shape index (κ2) is 6.95. The molecular weight excluding hydrogens is 431 g/mol. The van der Waals surface area contributed by atoms with Crippen LogP contribution in [0.25, 0.3) is 21.5 Å². The molecule has 1 aromatic carbocycles. The monoisotopic (exact) mass is 443 g/mol. The van der Waals surface area contributed by atoms with Crippen molar-refractivity contribution < 1.29 is 27.4 Å². The number of ketones is 1. The van der Waals surface area contributed by atoms with Crippen LogP contribution in [0.4, 0.5) is 18.9 Å². The number of thiophene rings is 1. The predicted octanol–water partition coefficient (Wildman–Crippen LogP) is 4.92. The van der Waals surface area contributed by atoms with Crippen molar-refractivity contribution in [2.45, 2.75) is 6.18 Å². The molecule has 1 aliphatic rings. The number of nitrogens with zero attached hydrogens (tertiary/aromatic N) is 2. The van der Waals surface area contributed by atoms with Crippen molar-refractivity contribution in [1.29, 1.82) is 0 Å². The van der Waals surface area contributed by atoms with E-state index in [-0.39, 0.29) is 38.8 Å². The van der Waals surface area contributed by atoms with E-state index in [0.29, 0.717) is 17.1 Å². The molecule has 1 aliphatic heterocycles. The zero-order chi connectivity index (χ0) is 21.8. The van der Waals surface area contributed by atoms with E-state index in [4.69, 9.17) is 15.2 Å². The van der Waals surface area contributed by atoms with Gasteiger partial charge in [0.15, 0.2) is 11.5 Å². The minimum Gasteiger partial charge on any atom is -0.454 e. The van der Waals surface area contributed by atoms with Crippen LogP contribution >= 0.6 is 11.3 Å². The first-order valence-electron chi connectivity index (χ1n) is 8.98. The molecule has 0 aliphatic carbocycles. The number of hydrogen-bond acceptors (Lipinski definition) is 7. The summed E-state index contributed by atoms with van der Waals surface area (Å²) < 4.78 is 52.1. The Morgan fingerprint density at radius 3 is 2.55 bits per heavy atom. The van der Waals surface area contributed by atoms with E-state index in [1.807, 2.05) is 0 Å². The van der Waals surface area contributed by atoms with Gasteiger partial charge in [0.25, 0.3) is 0 Å². The molecular formula is C21H12F3N3O3S. The minimum atomic E-state index is -4.68. The summed E-state index contributed by atoms with van der Waals surface area (Å²) in [6, 6.07) is 8.62. The van der Waals surface area contributed by atoms with Crippen molar-refractivity contribution in [3.63, 3.8) is 0 Å². The molecule has 0 bridgehead atoms. The van der Waals surface area contributed by atoms with Crippen LogP contribution in [-0.4, -0.2) is 22.5 Å². The van der Waals surface area contributed by atoms with Gasteiger partial charge in [-0.2, -0.15) is 13.2 Å². The Balaban J connectivity index is 1.68. The highest BCUT2D eigenvalue weighted by Gasteiger charge is 2.36. The number of benzene rings is 1. The van der Waals surface area contributed by atoms with Gasteiger partial charge in [-0.05, 0) is 36.4 Å². The van der Waals surface area contributed by atoms with E-state index >= 15 is 0 Å². The smallest absolute Gasteiger partial charge is 0.417 e. The number of alkyl halides is 3. The molecule has 0 saturated heterocycles. The Bertz CT molecular complexity index is 1340. The highest BCUT2D eigenvalue weighted by atomic mass is 32.1. The van der Waals surface area contributed by atoms with Crippen molar-refractivity contribution in [2.24, 2.45) is 0 Å². The van der Waals surface area contributed by atoms with Crippen LogP contribution in [0.15, 0.2) is 48.8 Å². The van der Waals surface area contributed by atoms with Gasteiger partial charge >= 0.3 is 6.18 Å². The number of hydrogen-bond donors (Lipinski definition) is 1. The number of anilines is 1. The first kappa shape index (κ1) is 19.3. The van der Waals surface area contributed by atoms with Crippen LogP contribution in [-0.2, 0) is 6.18 Å². The summed E-state index contributed by atoms with van der Waals surface area (Å²) in [5.41, 5.74) is 5.69. The highest BCUT2D eigenvalue weighted by molar-refractivity contribution is 7.21. The van der Waals surface area contributed by atoms with Gasteiger partial charge in [-0.15, -0.1) is 11.3 Å². The van der Waals surface area contributed by atoms with Crippen molar-refractivity contribution >= 4 is 33.0 Å². The molecule has 0 atom stereocenters. The number of nitrogens with two attached hydrogens (primary N) is 1. The third-order valence-corrected chi connectivity index (χ3v) is 5.92. The van der Waals surface area contributed by atoms with Crippen molar-refractivity contribution in [3.05, 3.63) is 64.8 Å². The number of rotatable bonds is 3. The quantitative estimate of drug-likeness (QED) is 0.453. The number of halogens is 3. The lowest BCUT2D eigenvalue weighted by atomic mass is 10.0. The molecule has 0 saturated carbocycles. The number of aromatic nitrogens is 2. The van der Waals surface area contributed by atoms with E-state index < -0.39 is 17.5 Å². The first-order chi connectivity index (χ1) is 14.8. The molecule has 4 heterocycles. The predicted molar refractivity (Wildman–Crippen MR) is 108 cm³/mol. The fraction of sp³-hybridized carbons (Fsp3) is 0.0952. The van der Waals surface area contributed by atoms with Crippen LogP contribution in [0.5, 0.6) is 11.5 Å². The maximum atomic E-state index is 13.9. The van der Waals surface area contributed by atoms with Gasteiger partial charge in [0, 0.05) is 28.9 Å². The summed E-state index contributed by atoms with van der Waals surface area (Å²) in [7, 11) is 0. The third kappa shape index (κ3) is 3.25. The van der Waals surface area contributed by atoms with Crippen molar-refractivity contribution in [3.8, 4) is 22.8 Å². The Morgan fingerprint density at radius 2 is 1.81 bits per heavy atom. The van der Waals surface area contributed by atoms with E-state index in [1.165, 1.54) is 24.5 Å². The maximum Gasteiger partial charge on any atom is 0.417 e. The number of nitrogen functional groups attached to an aromatic ring is 1. The Morgan fingerprint density at radius 1 is 1.06 bits per heavy atom.